The van der Waals surface area contributed by atoms with E-state index >= 15 is 0 Å². The van der Waals surface area contributed by atoms with Crippen molar-refractivity contribution in [3.63, 3.8) is 0 Å². The van der Waals surface area contributed by atoms with Gasteiger partial charge in [-0.15, -0.1) is 0 Å². The highest BCUT2D eigenvalue weighted by Crippen LogP contribution is 2.29. The number of rotatable bonds is 15. The summed E-state index contributed by atoms with van der Waals surface area (Å²) in [5, 5.41) is 3.84. The first-order valence-electron chi connectivity index (χ1n) is 13.6. The molecule has 0 saturated carbocycles. The van der Waals surface area contributed by atoms with Gasteiger partial charge in [-0.2, -0.15) is 4.57 Å². The Balaban J connectivity index is 1.52. The van der Waals surface area contributed by atoms with Crippen LogP contribution in [0.25, 0.3) is 21.7 Å². The molecular weight excluding hydrogens is 402 g/mol. The fraction of sp³-hybridized carbons (Fsp3) is 0.567. The van der Waals surface area contributed by atoms with Gasteiger partial charge in [0, 0.05) is 29.2 Å². The van der Waals surface area contributed by atoms with Crippen LogP contribution in [-0.4, -0.2) is 0 Å². The molecule has 0 aliphatic carbocycles. The molecular formula is C30H46N3+. The van der Waals surface area contributed by atoms with Gasteiger partial charge >= 0.3 is 0 Å². The molecule has 0 unspecified atom stereocenters. The zero-order valence-electron chi connectivity index (χ0n) is 21.2. The summed E-state index contributed by atoms with van der Waals surface area (Å²) in [7, 11) is 0. The Labute approximate surface area is 201 Å². The molecule has 33 heavy (non-hydrogen) atoms. The van der Waals surface area contributed by atoms with Gasteiger partial charge in [0.2, 0.25) is 5.52 Å². The Morgan fingerprint density at radius 1 is 0.576 bits per heavy atom. The van der Waals surface area contributed by atoms with Crippen molar-refractivity contribution in [2.75, 3.05) is 11.5 Å². The normalized spacial score (nSPS) is 11.6. The van der Waals surface area contributed by atoms with E-state index in [2.05, 4.69) is 42.7 Å². The minimum absolute atomic E-state index is 0.825. The number of aromatic nitrogens is 1. The lowest BCUT2D eigenvalue weighted by atomic mass is 9.98. The fourth-order valence-electron chi connectivity index (χ4n) is 5.27. The Hall–Kier alpha value is -2.29. The highest BCUT2D eigenvalue weighted by atomic mass is 15.0. The van der Waals surface area contributed by atoms with E-state index in [-0.39, 0.29) is 0 Å². The smallest absolute Gasteiger partial charge is 0.215 e. The number of nitrogen functional groups attached to an aromatic ring is 2. The van der Waals surface area contributed by atoms with Crippen LogP contribution in [-0.2, 0) is 13.0 Å². The van der Waals surface area contributed by atoms with E-state index in [9.17, 15) is 0 Å². The SMILES string of the molecule is CCCCCCCCCCCCCCCc1c2cc(N)ccc2c2ccc(N)cc2[n+]1CC. The largest absolute Gasteiger partial charge is 0.399 e. The van der Waals surface area contributed by atoms with Crippen LogP contribution in [0.15, 0.2) is 36.4 Å². The number of unbranched alkanes of at least 4 members (excludes halogenated alkanes) is 12. The average Bonchev–Trinajstić information content (AvgIpc) is 2.81. The third kappa shape index (κ3) is 7.09. The zero-order chi connectivity index (χ0) is 23.5. The van der Waals surface area contributed by atoms with Gasteiger partial charge in [0.25, 0.3) is 0 Å². The molecule has 0 amide bonds. The molecule has 3 aromatic rings. The molecule has 0 spiro atoms. The first-order valence-corrected chi connectivity index (χ1v) is 13.6. The van der Waals surface area contributed by atoms with Crippen molar-refractivity contribution in [2.24, 2.45) is 0 Å². The highest BCUT2D eigenvalue weighted by molar-refractivity contribution is 6.06. The maximum absolute atomic E-state index is 6.20. The van der Waals surface area contributed by atoms with E-state index in [1.165, 1.54) is 111 Å². The van der Waals surface area contributed by atoms with E-state index in [1.54, 1.807) is 0 Å². The molecule has 0 aliphatic heterocycles. The monoisotopic (exact) mass is 448 g/mol. The third-order valence-electron chi connectivity index (χ3n) is 7.12. The molecule has 3 heteroatoms. The summed E-state index contributed by atoms with van der Waals surface area (Å²) in [6.07, 6.45) is 19.1. The van der Waals surface area contributed by atoms with E-state index in [1.807, 2.05) is 12.1 Å². The van der Waals surface area contributed by atoms with Crippen molar-refractivity contribution >= 4 is 33.1 Å². The third-order valence-corrected chi connectivity index (χ3v) is 7.12. The Kier molecular flexibility index (Phi) is 10.3. The maximum atomic E-state index is 6.20. The first-order chi connectivity index (χ1) is 16.2. The topological polar surface area (TPSA) is 55.9 Å². The second-order valence-electron chi connectivity index (χ2n) is 9.77. The van der Waals surface area contributed by atoms with E-state index in [0.717, 1.165) is 24.3 Å². The standard InChI is InChI=1S/C30H45N3/c1-3-5-6-7-8-9-10-11-12-13-14-15-16-17-29-28-22-24(31)18-20-26(28)27-21-19-25(32)23-30(27)33(29)4-2/h18-23,32H,3-17,31H2,1-2H3/p+1. The minimum atomic E-state index is 0.825. The van der Waals surface area contributed by atoms with Crippen LogP contribution in [0.2, 0.25) is 0 Å². The molecule has 1 heterocycles. The van der Waals surface area contributed by atoms with Crippen molar-refractivity contribution < 1.29 is 4.57 Å². The number of anilines is 2. The summed E-state index contributed by atoms with van der Waals surface area (Å²) in [6, 6.07) is 12.6. The molecule has 180 valence electrons. The Morgan fingerprint density at radius 2 is 1.09 bits per heavy atom. The number of fused-ring (bicyclic) bond motifs is 3. The van der Waals surface area contributed by atoms with Crippen molar-refractivity contribution in [3.05, 3.63) is 42.1 Å². The number of hydrogen-bond donors (Lipinski definition) is 2. The molecule has 0 saturated heterocycles. The van der Waals surface area contributed by atoms with Gasteiger partial charge in [-0.05, 0) is 37.6 Å². The summed E-state index contributed by atoms with van der Waals surface area (Å²) in [4.78, 5) is 0. The summed E-state index contributed by atoms with van der Waals surface area (Å²) in [5.74, 6) is 0. The number of benzene rings is 2. The second-order valence-corrected chi connectivity index (χ2v) is 9.77. The molecule has 0 radical (unpaired) electrons. The van der Waals surface area contributed by atoms with Crippen LogP contribution < -0.4 is 16.0 Å². The lowest BCUT2D eigenvalue weighted by molar-refractivity contribution is -0.674. The van der Waals surface area contributed by atoms with Gasteiger partial charge in [-0.1, -0.05) is 90.0 Å². The van der Waals surface area contributed by atoms with E-state index in [0.29, 0.717) is 0 Å². The predicted molar refractivity (Wildman–Crippen MR) is 146 cm³/mol. The first kappa shape index (κ1) is 25.3. The van der Waals surface area contributed by atoms with Crippen LogP contribution in [0.4, 0.5) is 11.4 Å². The van der Waals surface area contributed by atoms with Gasteiger partial charge in [-0.25, -0.2) is 0 Å². The Bertz CT molecular complexity index is 1010. The summed E-state index contributed by atoms with van der Waals surface area (Å²) >= 11 is 0. The maximum Gasteiger partial charge on any atom is 0.215 e. The van der Waals surface area contributed by atoms with Crippen molar-refractivity contribution in [1.82, 2.24) is 0 Å². The highest BCUT2D eigenvalue weighted by Gasteiger charge is 2.20. The zero-order valence-corrected chi connectivity index (χ0v) is 21.2. The molecule has 0 bridgehead atoms. The number of pyridine rings is 1. The molecule has 4 N–H and O–H groups in total. The number of nitrogens with two attached hydrogens (primary N) is 2. The van der Waals surface area contributed by atoms with Crippen LogP contribution in [0.3, 0.4) is 0 Å². The van der Waals surface area contributed by atoms with Gasteiger partial charge < -0.3 is 11.5 Å². The molecule has 2 aromatic carbocycles. The molecule has 3 rings (SSSR count). The van der Waals surface area contributed by atoms with Crippen molar-refractivity contribution in [3.8, 4) is 0 Å². The Morgan fingerprint density at radius 3 is 1.67 bits per heavy atom. The molecule has 1 aromatic heterocycles. The number of aryl methyl sites for hydroxylation is 2. The summed E-state index contributed by atoms with van der Waals surface area (Å²) < 4.78 is 2.45. The van der Waals surface area contributed by atoms with Gasteiger partial charge in [0.05, 0.1) is 10.8 Å². The van der Waals surface area contributed by atoms with Gasteiger partial charge in [-0.3, -0.25) is 0 Å². The fourth-order valence-corrected chi connectivity index (χ4v) is 5.27. The lowest BCUT2D eigenvalue weighted by Crippen LogP contribution is -2.38. The van der Waals surface area contributed by atoms with Crippen molar-refractivity contribution in [2.45, 2.75) is 110 Å². The van der Waals surface area contributed by atoms with E-state index < -0.39 is 0 Å². The van der Waals surface area contributed by atoms with E-state index in [4.69, 9.17) is 11.5 Å². The number of nitrogens with zero attached hydrogens (tertiary/aromatic N) is 1. The van der Waals surface area contributed by atoms with Gasteiger partial charge in [0.1, 0.15) is 6.54 Å². The summed E-state index contributed by atoms with van der Waals surface area (Å²) in [6.45, 7) is 5.46. The second kappa shape index (κ2) is 13.4. The van der Waals surface area contributed by atoms with Crippen LogP contribution in [0.5, 0.6) is 0 Å². The molecule has 3 nitrogen and oxygen atoms in total. The summed E-state index contributed by atoms with van der Waals surface area (Å²) in [5.41, 5.74) is 16.7. The van der Waals surface area contributed by atoms with Crippen LogP contribution >= 0.6 is 0 Å². The molecule has 0 atom stereocenters. The average molecular weight is 449 g/mol. The number of hydrogen-bond acceptors (Lipinski definition) is 2. The van der Waals surface area contributed by atoms with Crippen molar-refractivity contribution in [1.29, 1.82) is 0 Å². The minimum Gasteiger partial charge on any atom is -0.399 e. The van der Waals surface area contributed by atoms with Crippen LogP contribution in [0, 0.1) is 0 Å². The molecule has 0 fully saturated rings. The quantitative estimate of drug-likeness (QED) is 0.107. The van der Waals surface area contributed by atoms with Crippen LogP contribution in [0.1, 0.15) is 103 Å². The predicted octanol–water partition coefficient (Wildman–Crippen LogP) is 8.10. The lowest BCUT2D eigenvalue weighted by Gasteiger charge is -2.12. The molecule has 0 aliphatic rings. The van der Waals surface area contributed by atoms with Gasteiger partial charge in [0.15, 0.2) is 5.69 Å².